The monoisotopic (exact) mass is 303 g/mol. The zero-order valence-corrected chi connectivity index (χ0v) is 12.3. The maximum Gasteiger partial charge on any atom is 0.407 e. The molecule has 8 heteroatoms. The van der Waals surface area contributed by atoms with Crippen LogP contribution in [0.4, 0.5) is 4.79 Å². The molecule has 2 unspecified atom stereocenters. The van der Waals surface area contributed by atoms with Crippen molar-refractivity contribution in [2.45, 2.75) is 38.6 Å². The first kappa shape index (κ1) is 16.6. The zero-order valence-electron chi connectivity index (χ0n) is 11.5. The van der Waals surface area contributed by atoms with Crippen molar-refractivity contribution in [3.05, 3.63) is 23.0 Å². The maximum atomic E-state index is 11.4. The van der Waals surface area contributed by atoms with E-state index in [-0.39, 0.29) is 17.4 Å². The first-order valence-corrected chi connectivity index (χ1v) is 6.39. The number of aliphatic hydroxyl groups excluding tert-OH is 2. The van der Waals surface area contributed by atoms with Gasteiger partial charge in [0.25, 0.3) is 0 Å². The van der Waals surface area contributed by atoms with E-state index in [4.69, 9.17) is 16.3 Å². The minimum atomic E-state index is -1.28. The van der Waals surface area contributed by atoms with Gasteiger partial charge in [-0.3, -0.25) is 0 Å². The van der Waals surface area contributed by atoms with Gasteiger partial charge in [0.2, 0.25) is 0 Å². The van der Waals surface area contributed by atoms with Gasteiger partial charge in [-0.15, -0.1) is 5.10 Å². The van der Waals surface area contributed by atoms with E-state index in [1.807, 2.05) is 0 Å². The van der Waals surface area contributed by atoms with Crippen molar-refractivity contribution in [1.82, 2.24) is 15.5 Å². The lowest BCUT2D eigenvalue weighted by molar-refractivity contribution is 0.0104. The van der Waals surface area contributed by atoms with Crippen molar-refractivity contribution in [2.75, 3.05) is 6.54 Å². The van der Waals surface area contributed by atoms with Crippen LogP contribution >= 0.6 is 11.6 Å². The third-order valence-corrected chi connectivity index (χ3v) is 2.38. The molecule has 1 rings (SSSR count). The molecule has 0 aromatic carbocycles. The third-order valence-electron chi connectivity index (χ3n) is 2.17. The van der Waals surface area contributed by atoms with Crippen molar-refractivity contribution >= 4 is 17.7 Å². The summed E-state index contributed by atoms with van der Waals surface area (Å²) in [7, 11) is 0. The predicted molar refractivity (Wildman–Crippen MR) is 72.2 cm³/mol. The highest BCUT2D eigenvalue weighted by atomic mass is 35.5. The number of carbonyl (C=O) groups excluding carboxylic acids is 1. The number of nitrogens with zero attached hydrogens (tertiary/aromatic N) is 2. The van der Waals surface area contributed by atoms with Crippen LogP contribution in [0.1, 0.15) is 32.6 Å². The third kappa shape index (κ3) is 5.68. The Balaban J connectivity index is 2.48. The second-order valence-electron chi connectivity index (χ2n) is 5.18. The SMILES string of the molecule is CC(C)(C)OC(=O)NCC(O)C(O)c1ccc(Cl)nn1. The molecular formula is C12H18ClN3O4. The second kappa shape index (κ2) is 6.83. The van der Waals surface area contributed by atoms with Crippen molar-refractivity contribution in [1.29, 1.82) is 0 Å². The van der Waals surface area contributed by atoms with E-state index in [1.165, 1.54) is 12.1 Å². The first-order valence-electron chi connectivity index (χ1n) is 6.01. The van der Waals surface area contributed by atoms with E-state index < -0.39 is 23.9 Å². The van der Waals surface area contributed by atoms with Crippen LogP contribution in [0, 0.1) is 0 Å². The summed E-state index contributed by atoms with van der Waals surface area (Å²) in [6.07, 6.45) is -3.20. The number of hydrogen-bond donors (Lipinski definition) is 3. The summed E-state index contributed by atoms with van der Waals surface area (Å²) in [5.74, 6) is 0. The average Bonchev–Trinajstić information content (AvgIpc) is 2.34. The Kier molecular flexibility index (Phi) is 5.67. The summed E-state index contributed by atoms with van der Waals surface area (Å²) in [6.45, 7) is 4.99. The van der Waals surface area contributed by atoms with Gasteiger partial charge in [-0.2, -0.15) is 5.10 Å². The molecule has 20 heavy (non-hydrogen) atoms. The molecule has 0 spiro atoms. The molecule has 2 atom stereocenters. The van der Waals surface area contributed by atoms with Crippen LogP contribution in [0.2, 0.25) is 5.15 Å². The summed E-state index contributed by atoms with van der Waals surface area (Å²) in [4.78, 5) is 11.4. The number of amides is 1. The van der Waals surface area contributed by atoms with E-state index >= 15 is 0 Å². The van der Waals surface area contributed by atoms with Crippen molar-refractivity contribution in [3.8, 4) is 0 Å². The number of halogens is 1. The van der Waals surface area contributed by atoms with Gasteiger partial charge in [-0.1, -0.05) is 11.6 Å². The molecule has 3 N–H and O–H groups in total. The predicted octanol–water partition coefficient (Wildman–Crippen LogP) is 1.05. The number of hydrogen-bond acceptors (Lipinski definition) is 6. The fourth-order valence-electron chi connectivity index (χ4n) is 1.29. The molecule has 0 saturated carbocycles. The Bertz CT molecular complexity index is 447. The average molecular weight is 304 g/mol. The number of alkyl carbamates (subject to hydrolysis) is 1. The number of aromatic nitrogens is 2. The minimum Gasteiger partial charge on any atom is -0.444 e. The molecule has 7 nitrogen and oxygen atoms in total. The summed E-state index contributed by atoms with van der Waals surface area (Å²) >= 11 is 5.57. The number of rotatable bonds is 4. The van der Waals surface area contributed by atoms with Crippen LogP contribution in [0.3, 0.4) is 0 Å². The summed E-state index contributed by atoms with van der Waals surface area (Å²) in [6, 6.07) is 2.89. The molecule has 0 aliphatic carbocycles. The van der Waals surface area contributed by atoms with Gasteiger partial charge >= 0.3 is 6.09 Å². The second-order valence-corrected chi connectivity index (χ2v) is 5.56. The van der Waals surface area contributed by atoms with Gasteiger partial charge in [-0.05, 0) is 32.9 Å². The number of carbonyl (C=O) groups is 1. The topological polar surface area (TPSA) is 105 Å². The minimum absolute atomic E-state index is 0.160. The zero-order chi connectivity index (χ0) is 15.3. The van der Waals surface area contributed by atoms with Gasteiger partial charge in [0.15, 0.2) is 5.15 Å². The molecule has 0 radical (unpaired) electrons. The van der Waals surface area contributed by atoms with E-state index in [1.54, 1.807) is 20.8 Å². The smallest absolute Gasteiger partial charge is 0.407 e. The highest BCUT2D eigenvalue weighted by Gasteiger charge is 2.22. The number of nitrogens with one attached hydrogen (secondary N) is 1. The quantitative estimate of drug-likeness (QED) is 0.768. The van der Waals surface area contributed by atoms with Crippen molar-refractivity contribution < 1.29 is 19.7 Å². The lowest BCUT2D eigenvalue weighted by atomic mass is 10.1. The molecule has 0 saturated heterocycles. The van der Waals surface area contributed by atoms with Crippen molar-refractivity contribution in [3.63, 3.8) is 0 Å². The van der Waals surface area contributed by atoms with Gasteiger partial charge < -0.3 is 20.3 Å². The van der Waals surface area contributed by atoms with Crippen LogP contribution < -0.4 is 5.32 Å². The van der Waals surface area contributed by atoms with Gasteiger partial charge in [-0.25, -0.2) is 4.79 Å². The fourth-order valence-corrected chi connectivity index (χ4v) is 1.40. The van der Waals surface area contributed by atoms with Crippen LogP contribution in [0.15, 0.2) is 12.1 Å². The Morgan fingerprint density at radius 2 is 2.05 bits per heavy atom. The van der Waals surface area contributed by atoms with Crippen LogP contribution in [-0.2, 0) is 4.74 Å². The Hall–Kier alpha value is -1.44. The largest absolute Gasteiger partial charge is 0.444 e. The lowest BCUT2D eigenvalue weighted by Crippen LogP contribution is -2.39. The van der Waals surface area contributed by atoms with Crippen LogP contribution in [0.25, 0.3) is 0 Å². The lowest BCUT2D eigenvalue weighted by Gasteiger charge is -2.21. The summed E-state index contributed by atoms with van der Waals surface area (Å²) in [5, 5.41) is 29.4. The molecule has 0 fully saturated rings. The molecule has 112 valence electrons. The highest BCUT2D eigenvalue weighted by Crippen LogP contribution is 2.15. The standard InChI is InChI=1S/C12H18ClN3O4/c1-12(2,3)20-11(19)14-6-8(17)10(18)7-4-5-9(13)16-15-7/h4-5,8,10,17-18H,6H2,1-3H3,(H,14,19). The Labute approximate surface area is 121 Å². The van der Waals surface area contributed by atoms with E-state index in [2.05, 4.69) is 15.5 Å². The summed E-state index contributed by atoms with van der Waals surface area (Å²) in [5.41, 5.74) is -0.470. The molecule has 0 aliphatic rings. The molecule has 0 bridgehead atoms. The van der Waals surface area contributed by atoms with E-state index in [0.29, 0.717) is 0 Å². The highest BCUT2D eigenvalue weighted by molar-refractivity contribution is 6.29. The molecular weight excluding hydrogens is 286 g/mol. The van der Waals surface area contributed by atoms with E-state index in [0.717, 1.165) is 0 Å². The van der Waals surface area contributed by atoms with E-state index in [9.17, 15) is 15.0 Å². The normalized spacial score (nSPS) is 14.5. The molecule has 1 aromatic rings. The molecule has 1 heterocycles. The molecule has 0 aliphatic heterocycles. The van der Waals surface area contributed by atoms with Crippen LogP contribution in [-0.4, -0.2) is 44.8 Å². The van der Waals surface area contributed by atoms with Gasteiger partial charge in [0.05, 0.1) is 5.69 Å². The first-order chi connectivity index (χ1) is 9.19. The molecule has 1 amide bonds. The van der Waals surface area contributed by atoms with Crippen LogP contribution in [0.5, 0.6) is 0 Å². The number of ether oxygens (including phenoxy) is 1. The Morgan fingerprint density at radius 3 is 2.55 bits per heavy atom. The maximum absolute atomic E-state index is 11.4. The van der Waals surface area contributed by atoms with Crippen molar-refractivity contribution in [2.24, 2.45) is 0 Å². The molecule has 1 aromatic heterocycles. The number of aliphatic hydroxyl groups is 2. The fraction of sp³-hybridized carbons (Fsp3) is 0.583. The Morgan fingerprint density at radius 1 is 1.40 bits per heavy atom. The summed E-state index contributed by atoms with van der Waals surface area (Å²) < 4.78 is 5.00. The van der Waals surface area contributed by atoms with Gasteiger partial charge in [0, 0.05) is 6.54 Å². The van der Waals surface area contributed by atoms with Gasteiger partial charge in [0.1, 0.15) is 17.8 Å².